The average Bonchev–Trinajstić information content (AvgIpc) is 2.91. The van der Waals surface area contributed by atoms with E-state index in [9.17, 15) is 25.2 Å². The Morgan fingerprint density at radius 3 is 2.35 bits per heavy atom. The molecule has 9 nitrogen and oxygen atoms in total. The number of hydrogen-bond donors (Lipinski definition) is 5. The minimum atomic E-state index is -1.21. The molecule has 3 aromatic rings. The number of carbonyl (C=O) groups is 1. The second kappa shape index (κ2) is 13.2. The van der Waals surface area contributed by atoms with E-state index in [1.54, 1.807) is 48.5 Å². The zero-order valence-corrected chi connectivity index (χ0v) is 20.6. The van der Waals surface area contributed by atoms with E-state index in [4.69, 9.17) is 14.2 Å². The van der Waals surface area contributed by atoms with E-state index in [-0.39, 0.29) is 23.2 Å². The SMILES string of the molecule is COc1cc(C(O)C(CO)Oc2ccc(/C=C/C(=O)NCCc3ccc(O)cc3)cc2OC)ccc1O. The van der Waals surface area contributed by atoms with Crippen molar-refractivity contribution in [2.45, 2.75) is 18.6 Å². The van der Waals surface area contributed by atoms with Crippen LogP contribution in [0.25, 0.3) is 6.08 Å². The second-order valence-corrected chi connectivity index (χ2v) is 8.17. The first-order valence-electron chi connectivity index (χ1n) is 11.6. The number of carbonyl (C=O) groups excluding carboxylic acids is 1. The standard InChI is InChI=1S/C28H31NO8/c1-35-24-16-20(7-10-22(24)32)28(34)26(17-30)37-23-11-5-19(15-25(23)36-2)6-12-27(33)29-14-13-18-3-8-21(31)9-4-18/h3-12,15-16,26,28,30-32,34H,13-14,17H2,1-2H3,(H,29,33)/b12-6+. The van der Waals surface area contributed by atoms with Gasteiger partial charge in [0.05, 0.1) is 20.8 Å². The summed E-state index contributed by atoms with van der Waals surface area (Å²) >= 11 is 0. The monoisotopic (exact) mass is 509 g/mol. The van der Waals surface area contributed by atoms with Crippen molar-refractivity contribution < 1.29 is 39.4 Å². The molecule has 0 aliphatic carbocycles. The van der Waals surface area contributed by atoms with Gasteiger partial charge in [-0.05, 0) is 65.6 Å². The Bertz CT molecular complexity index is 1210. The molecule has 0 bridgehead atoms. The molecular formula is C28H31NO8. The van der Waals surface area contributed by atoms with Crippen LogP contribution in [0, 0.1) is 0 Å². The number of phenols is 2. The number of ether oxygens (including phenoxy) is 3. The summed E-state index contributed by atoms with van der Waals surface area (Å²) in [6, 6.07) is 16.2. The van der Waals surface area contributed by atoms with Gasteiger partial charge in [0.2, 0.25) is 5.91 Å². The molecule has 0 aliphatic rings. The van der Waals surface area contributed by atoms with Crippen LogP contribution in [0.1, 0.15) is 22.8 Å². The lowest BCUT2D eigenvalue weighted by Crippen LogP contribution is -2.29. The van der Waals surface area contributed by atoms with Gasteiger partial charge in [-0.1, -0.05) is 24.3 Å². The van der Waals surface area contributed by atoms with Crippen LogP contribution in [0.2, 0.25) is 0 Å². The Morgan fingerprint density at radius 2 is 1.68 bits per heavy atom. The van der Waals surface area contributed by atoms with E-state index < -0.39 is 18.8 Å². The van der Waals surface area contributed by atoms with Crippen LogP contribution >= 0.6 is 0 Å². The molecule has 0 saturated heterocycles. The molecule has 196 valence electrons. The number of aliphatic hydroxyl groups is 2. The van der Waals surface area contributed by atoms with Gasteiger partial charge in [-0.2, -0.15) is 0 Å². The van der Waals surface area contributed by atoms with Crippen molar-refractivity contribution in [1.29, 1.82) is 0 Å². The van der Waals surface area contributed by atoms with Crippen LogP contribution in [-0.4, -0.2) is 59.8 Å². The summed E-state index contributed by atoms with van der Waals surface area (Å²) in [6.07, 6.45) is 1.43. The highest BCUT2D eigenvalue weighted by Gasteiger charge is 2.24. The molecule has 0 saturated carbocycles. The molecule has 0 aliphatic heterocycles. The van der Waals surface area contributed by atoms with Crippen LogP contribution < -0.4 is 19.5 Å². The van der Waals surface area contributed by atoms with Gasteiger partial charge >= 0.3 is 0 Å². The van der Waals surface area contributed by atoms with Crippen LogP contribution in [0.15, 0.2) is 66.7 Å². The number of aromatic hydroxyl groups is 2. The number of hydrogen-bond acceptors (Lipinski definition) is 8. The first-order chi connectivity index (χ1) is 17.8. The number of phenolic OH excluding ortho intramolecular Hbond substituents is 2. The Hall–Kier alpha value is -4.21. The summed E-state index contributed by atoms with van der Waals surface area (Å²) in [5.41, 5.74) is 2.07. The second-order valence-electron chi connectivity index (χ2n) is 8.17. The summed E-state index contributed by atoms with van der Waals surface area (Å²) in [5.74, 6) is 0.697. The molecule has 5 N–H and O–H groups in total. The summed E-state index contributed by atoms with van der Waals surface area (Å²) in [6.45, 7) is -0.0404. The Labute approximate surface area is 215 Å². The predicted molar refractivity (Wildman–Crippen MR) is 138 cm³/mol. The molecule has 37 heavy (non-hydrogen) atoms. The van der Waals surface area contributed by atoms with Crippen molar-refractivity contribution in [1.82, 2.24) is 5.32 Å². The van der Waals surface area contributed by atoms with Gasteiger partial charge < -0.3 is 40.0 Å². The predicted octanol–water partition coefficient (Wildman–Crippen LogP) is 2.96. The number of rotatable bonds is 12. The lowest BCUT2D eigenvalue weighted by atomic mass is 10.0. The number of methoxy groups -OCH3 is 2. The van der Waals surface area contributed by atoms with Gasteiger partial charge in [0.25, 0.3) is 0 Å². The van der Waals surface area contributed by atoms with Gasteiger partial charge in [0.1, 0.15) is 11.9 Å². The van der Waals surface area contributed by atoms with Gasteiger partial charge in [-0.15, -0.1) is 0 Å². The minimum Gasteiger partial charge on any atom is -0.508 e. The van der Waals surface area contributed by atoms with E-state index in [1.807, 2.05) is 0 Å². The van der Waals surface area contributed by atoms with Crippen LogP contribution in [0.5, 0.6) is 28.7 Å². The van der Waals surface area contributed by atoms with Crippen molar-refractivity contribution in [3.05, 3.63) is 83.4 Å². The maximum Gasteiger partial charge on any atom is 0.244 e. The third-order valence-corrected chi connectivity index (χ3v) is 5.62. The molecule has 0 fully saturated rings. The third-order valence-electron chi connectivity index (χ3n) is 5.62. The Balaban J connectivity index is 1.62. The molecule has 1 amide bonds. The summed E-state index contributed by atoms with van der Waals surface area (Å²) in [4.78, 5) is 12.2. The van der Waals surface area contributed by atoms with Crippen molar-refractivity contribution in [2.24, 2.45) is 0 Å². The zero-order valence-electron chi connectivity index (χ0n) is 20.6. The number of amides is 1. The molecule has 3 aromatic carbocycles. The highest BCUT2D eigenvalue weighted by atomic mass is 16.5. The smallest absolute Gasteiger partial charge is 0.244 e. The molecule has 0 heterocycles. The van der Waals surface area contributed by atoms with E-state index in [1.165, 1.54) is 38.5 Å². The quantitative estimate of drug-likeness (QED) is 0.235. The van der Waals surface area contributed by atoms with Crippen LogP contribution in [0.4, 0.5) is 0 Å². The van der Waals surface area contributed by atoms with E-state index in [0.717, 1.165) is 5.56 Å². The normalized spacial score (nSPS) is 12.6. The van der Waals surface area contributed by atoms with Crippen molar-refractivity contribution >= 4 is 12.0 Å². The Morgan fingerprint density at radius 1 is 0.946 bits per heavy atom. The van der Waals surface area contributed by atoms with Gasteiger partial charge in [0.15, 0.2) is 29.1 Å². The van der Waals surface area contributed by atoms with Crippen molar-refractivity contribution in [3.8, 4) is 28.7 Å². The van der Waals surface area contributed by atoms with Crippen LogP contribution in [0.3, 0.4) is 0 Å². The summed E-state index contributed by atoms with van der Waals surface area (Å²) in [7, 11) is 2.86. The third kappa shape index (κ3) is 7.63. The minimum absolute atomic E-state index is 0.0729. The van der Waals surface area contributed by atoms with Crippen molar-refractivity contribution in [3.63, 3.8) is 0 Å². The number of nitrogens with one attached hydrogen (secondary N) is 1. The highest BCUT2D eigenvalue weighted by molar-refractivity contribution is 5.91. The maximum absolute atomic E-state index is 12.2. The molecule has 0 spiro atoms. The summed E-state index contributed by atoms with van der Waals surface area (Å²) < 4.78 is 16.3. The fraction of sp³-hybridized carbons (Fsp3) is 0.250. The average molecular weight is 510 g/mol. The molecule has 0 aromatic heterocycles. The lowest BCUT2D eigenvalue weighted by molar-refractivity contribution is -0.116. The lowest BCUT2D eigenvalue weighted by Gasteiger charge is -2.24. The molecule has 3 rings (SSSR count). The van der Waals surface area contributed by atoms with E-state index >= 15 is 0 Å². The fourth-order valence-corrected chi connectivity index (χ4v) is 3.57. The molecule has 9 heteroatoms. The molecule has 2 atom stereocenters. The maximum atomic E-state index is 12.2. The molecule has 0 radical (unpaired) electrons. The topological polar surface area (TPSA) is 138 Å². The van der Waals surface area contributed by atoms with E-state index in [0.29, 0.717) is 35.6 Å². The van der Waals surface area contributed by atoms with Crippen LogP contribution in [-0.2, 0) is 11.2 Å². The summed E-state index contributed by atoms with van der Waals surface area (Å²) in [5, 5.41) is 42.5. The number of aliphatic hydroxyl groups excluding tert-OH is 2. The van der Waals surface area contributed by atoms with E-state index in [2.05, 4.69) is 5.32 Å². The first kappa shape index (κ1) is 27.4. The largest absolute Gasteiger partial charge is 0.508 e. The van der Waals surface area contributed by atoms with Gasteiger partial charge in [-0.3, -0.25) is 4.79 Å². The van der Waals surface area contributed by atoms with Gasteiger partial charge in [-0.25, -0.2) is 0 Å². The Kier molecular flexibility index (Phi) is 9.76. The fourth-order valence-electron chi connectivity index (χ4n) is 3.57. The highest BCUT2D eigenvalue weighted by Crippen LogP contribution is 2.34. The molecular weight excluding hydrogens is 478 g/mol. The first-order valence-corrected chi connectivity index (χ1v) is 11.6. The van der Waals surface area contributed by atoms with Gasteiger partial charge in [0, 0.05) is 12.6 Å². The zero-order chi connectivity index (χ0) is 26.8. The molecule has 2 unspecified atom stereocenters. The van der Waals surface area contributed by atoms with Crippen molar-refractivity contribution in [2.75, 3.05) is 27.4 Å². The number of benzene rings is 3.